The minimum Gasteiger partial charge on any atom is -0.294 e. The lowest BCUT2D eigenvalue weighted by atomic mass is 9.69. The number of benzene rings is 1. The molecule has 1 aliphatic carbocycles. The quantitative estimate of drug-likeness (QED) is 0.521. The number of hydrogen-bond donors (Lipinski definition) is 0. The van der Waals surface area contributed by atoms with E-state index in [4.69, 9.17) is 11.6 Å². The summed E-state index contributed by atoms with van der Waals surface area (Å²) in [5, 5.41) is 4.53. The van der Waals surface area contributed by atoms with E-state index in [1.54, 1.807) is 22.3 Å². The monoisotopic (exact) mass is 463 g/mol. The van der Waals surface area contributed by atoms with Crippen LogP contribution in [0, 0.1) is 5.41 Å². The molecule has 0 spiro atoms. The zero-order valence-electron chi connectivity index (χ0n) is 15.1. The van der Waals surface area contributed by atoms with Crippen LogP contribution in [-0.4, -0.2) is 11.7 Å². The molecule has 1 amide bonds. The second kappa shape index (κ2) is 6.87. The van der Waals surface area contributed by atoms with E-state index in [0.717, 1.165) is 21.3 Å². The maximum atomic E-state index is 13.2. The van der Waals surface area contributed by atoms with Crippen LogP contribution in [0.1, 0.15) is 44.6 Å². The van der Waals surface area contributed by atoms with Gasteiger partial charge in [0, 0.05) is 34.5 Å². The fourth-order valence-electron chi connectivity index (χ4n) is 4.12. The van der Waals surface area contributed by atoms with Crippen LogP contribution in [0.2, 0.25) is 5.02 Å². The number of hydrogen-bond acceptors (Lipinski definition) is 3. The summed E-state index contributed by atoms with van der Waals surface area (Å²) in [4.78, 5) is 28.0. The Hall–Kier alpha value is -1.43. The van der Waals surface area contributed by atoms with Gasteiger partial charge in [-0.25, -0.2) is 0 Å². The van der Waals surface area contributed by atoms with E-state index in [0.29, 0.717) is 23.6 Å². The number of halogens is 2. The Labute approximate surface area is 176 Å². The Bertz CT molecular complexity index is 965. The predicted molar refractivity (Wildman–Crippen MR) is 113 cm³/mol. The molecular formula is C21H19BrClNO2S. The number of nitrogens with zero attached hydrogens (tertiary/aromatic N) is 1. The number of allylic oxidation sites excluding steroid dienone is 2. The highest BCUT2D eigenvalue weighted by molar-refractivity contribution is 9.10. The van der Waals surface area contributed by atoms with Crippen LogP contribution < -0.4 is 4.90 Å². The Morgan fingerprint density at radius 3 is 2.67 bits per heavy atom. The summed E-state index contributed by atoms with van der Waals surface area (Å²) in [7, 11) is 0. The number of anilines is 1. The molecule has 0 unspecified atom stereocenters. The molecule has 1 aromatic heterocycles. The van der Waals surface area contributed by atoms with Gasteiger partial charge in [-0.05, 0) is 52.4 Å². The number of ketones is 1. The number of Topliss-reactive ketones (excluding diaryl/α,β-unsaturated/α-hetero) is 1. The van der Waals surface area contributed by atoms with Gasteiger partial charge in [-0.3, -0.25) is 14.5 Å². The molecule has 3 nitrogen and oxygen atoms in total. The minimum absolute atomic E-state index is 0.0142. The fourth-order valence-corrected chi connectivity index (χ4v) is 5.59. The molecule has 1 atom stereocenters. The molecule has 0 radical (unpaired) electrons. The molecule has 2 aromatic rings. The van der Waals surface area contributed by atoms with Gasteiger partial charge in [0.1, 0.15) is 0 Å². The van der Waals surface area contributed by atoms with Crippen molar-refractivity contribution in [2.75, 3.05) is 4.90 Å². The molecule has 6 heteroatoms. The molecule has 140 valence electrons. The van der Waals surface area contributed by atoms with Crippen molar-refractivity contribution in [1.29, 1.82) is 0 Å². The Morgan fingerprint density at radius 2 is 2.00 bits per heavy atom. The van der Waals surface area contributed by atoms with E-state index in [1.165, 1.54) is 0 Å². The first-order valence-electron chi connectivity index (χ1n) is 8.83. The lowest BCUT2D eigenvalue weighted by Crippen LogP contribution is -2.43. The average Bonchev–Trinajstić information content (AvgIpc) is 3.08. The van der Waals surface area contributed by atoms with Crippen LogP contribution >= 0.6 is 38.9 Å². The molecule has 27 heavy (non-hydrogen) atoms. The Kier molecular flexibility index (Phi) is 4.81. The third-order valence-electron chi connectivity index (χ3n) is 5.24. The van der Waals surface area contributed by atoms with Crippen molar-refractivity contribution in [2.45, 2.75) is 39.0 Å². The first-order chi connectivity index (χ1) is 12.8. The van der Waals surface area contributed by atoms with Crippen LogP contribution in [0.5, 0.6) is 0 Å². The van der Waals surface area contributed by atoms with Gasteiger partial charge < -0.3 is 0 Å². The van der Waals surface area contributed by atoms with Gasteiger partial charge in [-0.2, -0.15) is 11.3 Å². The maximum Gasteiger partial charge on any atom is 0.232 e. The van der Waals surface area contributed by atoms with Gasteiger partial charge in [-0.15, -0.1) is 0 Å². The predicted octanol–water partition coefficient (Wildman–Crippen LogP) is 6.33. The maximum absolute atomic E-state index is 13.2. The fraction of sp³-hybridized carbons (Fsp3) is 0.333. The second-order valence-corrected chi connectivity index (χ2v) is 10.0. The largest absolute Gasteiger partial charge is 0.294 e. The second-order valence-electron chi connectivity index (χ2n) is 7.94. The molecule has 1 aliphatic heterocycles. The number of carbonyl (C=O) groups is 2. The van der Waals surface area contributed by atoms with E-state index in [9.17, 15) is 9.59 Å². The molecule has 2 aliphatic rings. The van der Waals surface area contributed by atoms with E-state index in [1.807, 2.05) is 29.0 Å². The molecule has 0 saturated heterocycles. The minimum atomic E-state index is -0.188. The van der Waals surface area contributed by atoms with Gasteiger partial charge in [-0.1, -0.05) is 41.4 Å². The van der Waals surface area contributed by atoms with Crippen molar-refractivity contribution in [3.05, 3.63) is 61.4 Å². The topological polar surface area (TPSA) is 37.4 Å². The summed E-state index contributed by atoms with van der Waals surface area (Å²) in [6, 6.07) is 7.51. The molecule has 4 rings (SSSR count). The number of thiophene rings is 1. The van der Waals surface area contributed by atoms with E-state index in [-0.39, 0.29) is 29.4 Å². The van der Waals surface area contributed by atoms with Crippen molar-refractivity contribution in [3.8, 4) is 0 Å². The molecule has 0 N–H and O–H groups in total. The number of amides is 1. The molecule has 0 bridgehead atoms. The van der Waals surface area contributed by atoms with Gasteiger partial charge in [0.25, 0.3) is 0 Å². The summed E-state index contributed by atoms with van der Waals surface area (Å²) in [5.74, 6) is -0.0318. The zero-order valence-corrected chi connectivity index (χ0v) is 18.2. The number of carbonyl (C=O) groups excluding carboxylic acids is 2. The lowest BCUT2D eigenvalue weighted by Gasteiger charge is -2.43. The van der Waals surface area contributed by atoms with Gasteiger partial charge in [0.2, 0.25) is 5.91 Å². The SMILES string of the molecule is CC1(C)CC(=O)C2=C(C1)N(c1ccc(Br)cc1Cl)C(=O)C[C@@H]2c1ccsc1. The smallest absolute Gasteiger partial charge is 0.232 e. The van der Waals surface area contributed by atoms with E-state index < -0.39 is 0 Å². The lowest BCUT2D eigenvalue weighted by molar-refractivity contribution is -0.121. The van der Waals surface area contributed by atoms with Gasteiger partial charge in [0.15, 0.2) is 5.78 Å². The number of rotatable bonds is 2. The average molecular weight is 465 g/mol. The summed E-state index contributed by atoms with van der Waals surface area (Å²) in [5.41, 5.74) is 3.11. The summed E-state index contributed by atoms with van der Waals surface area (Å²) in [6.45, 7) is 4.16. The highest BCUT2D eigenvalue weighted by Crippen LogP contribution is 2.49. The van der Waals surface area contributed by atoms with Crippen molar-refractivity contribution in [3.63, 3.8) is 0 Å². The van der Waals surface area contributed by atoms with Gasteiger partial charge >= 0.3 is 0 Å². The third kappa shape index (κ3) is 3.41. The van der Waals surface area contributed by atoms with Crippen LogP contribution in [-0.2, 0) is 9.59 Å². The van der Waals surface area contributed by atoms with Crippen molar-refractivity contribution in [1.82, 2.24) is 0 Å². The third-order valence-corrected chi connectivity index (χ3v) is 6.74. The Balaban J connectivity index is 1.92. The Morgan fingerprint density at radius 1 is 1.22 bits per heavy atom. The van der Waals surface area contributed by atoms with Crippen LogP contribution in [0.3, 0.4) is 0 Å². The first kappa shape index (κ1) is 18.9. The highest BCUT2D eigenvalue weighted by Gasteiger charge is 2.44. The summed E-state index contributed by atoms with van der Waals surface area (Å²) >= 11 is 11.5. The van der Waals surface area contributed by atoms with E-state index >= 15 is 0 Å². The summed E-state index contributed by atoms with van der Waals surface area (Å²) < 4.78 is 0.853. The van der Waals surface area contributed by atoms with Crippen molar-refractivity contribution in [2.24, 2.45) is 5.41 Å². The van der Waals surface area contributed by atoms with E-state index in [2.05, 4.69) is 29.8 Å². The molecule has 2 heterocycles. The molecular weight excluding hydrogens is 446 g/mol. The van der Waals surface area contributed by atoms with Crippen molar-refractivity contribution < 1.29 is 9.59 Å². The van der Waals surface area contributed by atoms with Crippen molar-refractivity contribution >= 4 is 56.2 Å². The molecule has 0 fully saturated rings. The normalized spacial score (nSPS) is 22.2. The zero-order chi connectivity index (χ0) is 19.3. The molecule has 0 saturated carbocycles. The van der Waals surface area contributed by atoms with Crippen LogP contribution in [0.15, 0.2) is 50.8 Å². The summed E-state index contributed by atoms with van der Waals surface area (Å²) in [6.07, 6.45) is 1.46. The first-order valence-corrected chi connectivity index (χ1v) is 10.9. The highest BCUT2D eigenvalue weighted by atomic mass is 79.9. The van der Waals surface area contributed by atoms with Crippen LogP contribution in [0.4, 0.5) is 5.69 Å². The van der Waals surface area contributed by atoms with Crippen LogP contribution in [0.25, 0.3) is 0 Å². The standard InChI is InChI=1S/C21H19BrClNO2S/c1-21(2)9-17-20(18(25)10-21)14(12-5-6-27-11-12)8-19(26)24(17)16-4-3-13(22)7-15(16)23/h3-7,11,14H,8-10H2,1-2H3/t14-/m1/s1. The molecule has 1 aromatic carbocycles. The van der Waals surface area contributed by atoms with Gasteiger partial charge in [0.05, 0.1) is 10.7 Å².